The lowest BCUT2D eigenvalue weighted by Gasteiger charge is -2.39. The highest BCUT2D eigenvalue weighted by molar-refractivity contribution is 5.87. The molecule has 0 aliphatic carbocycles. The van der Waals surface area contributed by atoms with Crippen molar-refractivity contribution in [3.05, 3.63) is 35.4 Å². The van der Waals surface area contributed by atoms with Crippen LogP contribution < -0.4 is 4.90 Å². The van der Waals surface area contributed by atoms with Gasteiger partial charge in [-0.25, -0.2) is 4.98 Å². The lowest BCUT2D eigenvalue weighted by Crippen LogP contribution is -2.51. The van der Waals surface area contributed by atoms with E-state index in [0.717, 1.165) is 60.2 Å². The molecule has 1 N–H and O–H groups in total. The van der Waals surface area contributed by atoms with Gasteiger partial charge in [0.2, 0.25) is 5.91 Å². The van der Waals surface area contributed by atoms with E-state index >= 15 is 0 Å². The van der Waals surface area contributed by atoms with Crippen LogP contribution in [0.15, 0.2) is 24.3 Å². The third kappa shape index (κ3) is 3.25. The highest BCUT2D eigenvalue weighted by atomic mass is 16.5. The molecule has 6 nitrogen and oxygen atoms in total. The summed E-state index contributed by atoms with van der Waals surface area (Å²) < 4.78 is 5.17. The SMILES string of the molecule is COCCN1CCCC2(CCN(c3nc4c(C)cccc4cc3CO)C2)C1=O. The summed E-state index contributed by atoms with van der Waals surface area (Å²) in [7, 11) is 1.67. The van der Waals surface area contributed by atoms with E-state index < -0.39 is 0 Å². The van der Waals surface area contributed by atoms with Crippen LogP contribution in [0.2, 0.25) is 0 Å². The molecule has 1 aromatic heterocycles. The predicted octanol–water partition coefficient (Wildman–Crippen LogP) is 2.50. The van der Waals surface area contributed by atoms with Crippen LogP contribution in [0.5, 0.6) is 0 Å². The number of carbonyl (C=O) groups excluding carboxylic acids is 1. The van der Waals surface area contributed by atoms with E-state index in [4.69, 9.17) is 9.72 Å². The first-order valence-electron chi connectivity index (χ1n) is 10.1. The summed E-state index contributed by atoms with van der Waals surface area (Å²) in [6.07, 6.45) is 2.79. The van der Waals surface area contributed by atoms with E-state index in [0.29, 0.717) is 19.7 Å². The number of benzene rings is 1. The second-order valence-corrected chi connectivity index (χ2v) is 8.12. The molecular formula is C22H29N3O3. The number of anilines is 1. The maximum atomic E-state index is 13.2. The maximum Gasteiger partial charge on any atom is 0.230 e. The molecule has 2 fully saturated rings. The molecule has 1 atom stereocenters. The fourth-order valence-electron chi connectivity index (χ4n) is 4.77. The van der Waals surface area contributed by atoms with Crippen LogP contribution >= 0.6 is 0 Å². The topological polar surface area (TPSA) is 65.9 Å². The Morgan fingerprint density at radius 3 is 2.93 bits per heavy atom. The van der Waals surface area contributed by atoms with Gasteiger partial charge in [0.1, 0.15) is 5.82 Å². The number of para-hydroxylation sites is 1. The summed E-state index contributed by atoms with van der Waals surface area (Å²) in [5, 5.41) is 11.0. The Morgan fingerprint density at radius 2 is 2.14 bits per heavy atom. The maximum absolute atomic E-state index is 13.2. The predicted molar refractivity (Wildman–Crippen MR) is 109 cm³/mol. The van der Waals surface area contributed by atoms with Crippen LogP contribution in [0.3, 0.4) is 0 Å². The number of ether oxygens (including phenoxy) is 1. The number of carbonyl (C=O) groups is 1. The lowest BCUT2D eigenvalue weighted by atomic mass is 9.78. The van der Waals surface area contributed by atoms with Crippen molar-refractivity contribution in [2.75, 3.05) is 44.8 Å². The molecule has 0 saturated carbocycles. The van der Waals surface area contributed by atoms with Gasteiger partial charge in [0, 0.05) is 44.2 Å². The Bertz CT molecular complexity index is 885. The monoisotopic (exact) mass is 383 g/mol. The van der Waals surface area contributed by atoms with Crippen molar-refractivity contribution in [3.8, 4) is 0 Å². The molecule has 1 unspecified atom stereocenters. The smallest absolute Gasteiger partial charge is 0.230 e. The minimum atomic E-state index is -0.332. The molecule has 4 rings (SSSR count). The first-order chi connectivity index (χ1) is 13.6. The molecular weight excluding hydrogens is 354 g/mol. The fourth-order valence-corrected chi connectivity index (χ4v) is 4.77. The summed E-state index contributed by atoms with van der Waals surface area (Å²) in [4.78, 5) is 22.3. The Kier molecular flexibility index (Phi) is 5.25. The minimum absolute atomic E-state index is 0.0520. The van der Waals surface area contributed by atoms with Gasteiger partial charge in [-0.3, -0.25) is 4.79 Å². The van der Waals surface area contributed by atoms with Gasteiger partial charge in [-0.15, -0.1) is 0 Å². The number of hydrogen-bond acceptors (Lipinski definition) is 5. The van der Waals surface area contributed by atoms with Gasteiger partial charge in [-0.05, 0) is 37.8 Å². The summed E-state index contributed by atoms with van der Waals surface area (Å²) in [6.45, 7) is 5.52. The lowest BCUT2D eigenvalue weighted by molar-refractivity contribution is -0.145. The van der Waals surface area contributed by atoms with Gasteiger partial charge in [0.15, 0.2) is 0 Å². The molecule has 0 radical (unpaired) electrons. The highest BCUT2D eigenvalue weighted by Crippen LogP contribution is 2.42. The number of likely N-dealkylation sites (tertiary alicyclic amines) is 1. The second-order valence-electron chi connectivity index (χ2n) is 8.12. The molecule has 28 heavy (non-hydrogen) atoms. The summed E-state index contributed by atoms with van der Waals surface area (Å²) in [6, 6.07) is 8.13. The number of hydrogen-bond donors (Lipinski definition) is 1. The van der Waals surface area contributed by atoms with Crippen molar-refractivity contribution in [1.29, 1.82) is 0 Å². The number of fused-ring (bicyclic) bond motifs is 1. The Hall–Kier alpha value is -2.18. The molecule has 150 valence electrons. The second kappa shape index (κ2) is 7.68. The minimum Gasteiger partial charge on any atom is -0.392 e. The van der Waals surface area contributed by atoms with Crippen LogP contribution in [0, 0.1) is 12.3 Å². The number of aryl methyl sites for hydroxylation is 1. The number of piperidine rings is 1. The first-order valence-corrected chi connectivity index (χ1v) is 10.1. The van der Waals surface area contributed by atoms with Crippen molar-refractivity contribution in [2.45, 2.75) is 32.8 Å². The van der Waals surface area contributed by atoms with Crippen LogP contribution in [0.4, 0.5) is 5.82 Å². The zero-order valence-electron chi connectivity index (χ0n) is 16.8. The summed E-state index contributed by atoms with van der Waals surface area (Å²) in [5.41, 5.74) is 2.58. The third-order valence-corrected chi connectivity index (χ3v) is 6.32. The van der Waals surface area contributed by atoms with Gasteiger partial charge in [0.25, 0.3) is 0 Å². The van der Waals surface area contributed by atoms with Gasteiger partial charge in [-0.2, -0.15) is 0 Å². The molecule has 1 amide bonds. The van der Waals surface area contributed by atoms with Crippen LogP contribution in [-0.2, 0) is 16.1 Å². The zero-order chi connectivity index (χ0) is 19.7. The normalized spacial score (nSPS) is 22.6. The standard InChI is InChI=1S/C22H29N3O3/c1-16-5-3-6-17-13-18(14-26)20(23-19(16)17)25-10-8-22(15-25)7-4-9-24(21(22)27)11-12-28-2/h3,5-6,13,26H,4,7-12,14-15H2,1-2H3. The molecule has 2 saturated heterocycles. The number of methoxy groups -OCH3 is 1. The van der Waals surface area contributed by atoms with Crippen molar-refractivity contribution >= 4 is 22.6 Å². The largest absolute Gasteiger partial charge is 0.392 e. The van der Waals surface area contributed by atoms with Gasteiger partial charge >= 0.3 is 0 Å². The number of aromatic nitrogens is 1. The third-order valence-electron chi connectivity index (χ3n) is 6.32. The van der Waals surface area contributed by atoms with Crippen LogP contribution in [0.25, 0.3) is 10.9 Å². The number of nitrogens with zero attached hydrogens (tertiary/aromatic N) is 3. The highest BCUT2D eigenvalue weighted by Gasteiger charge is 2.48. The molecule has 3 heterocycles. The number of rotatable bonds is 5. The summed E-state index contributed by atoms with van der Waals surface area (Å²) >= 11 is 0. The van der Waals surface area contributed by atoms with E-state index in [1.165, 1.54) is 0 Å². The molecule has 1 spiro atoms. The number of aliphatic hydroxyl groups excluding tert-OH is 1. The zero-order valence-corrected chi connectivity index (χ0v) is 16.8. The van der Waals surface area contributed by atoms with E-state index in [-0.39, 0.29) is 17.9 Å². The van der Waals surface area contributed by atoms with Crippen molar-refractivity contribution in [2.24, 2.45) is 5.41 Å². The van der Waals surface area contributed by atoms with Gasteiger partial charge < -0.3 is 19.6 Å². The molecule has 6 heteroatoms. The number of aliphatic hydroxyl groups is 1. The van der Waals surface area contributed by atoms with Crippen LogP contribution in [-0.4, -0.2) is 60.8 Å². The number of amides is 1. The quantitative estimate of drug-likeness (QED) is 0.859. The average molecular weight is 383 g/mol. The van der Waals surface area contributed by atoms with Crippen molar-refractivity contribution in [1.82, 2.24) is 9.88 Å². The Labute approximate surface area is 166 Å². The van der Waals surface area contributed by atoms with Gasteiger partial charge in [-0.1, -0.05) is 18.2 Å². The molecule has 2 aliphatic heterocycles. The van der Waals surface area contributed by atoms with E-state index in [2.05, 4.69) is 17.9 Å². The van der Waals surface area contributed by atoms with E-state index in [1.54, 1.807) is 7.11 Å². The average Bonchev–Trinajstić information content (AvgIpc) is 3.13. The van der Waals surface area contributed by atoms with Crippen molar-refractivity contribution < 1.29 is 14.6 Å². The Balaban J connectivity index is 1.63. The van der Waals surface area contributed by atoms with Gasteiger partial charge in [0.05, 0.1) is 24.1 Å². The number of pyridine rings is 1. The summed E-state index contributed by atoms with van der Waals surface area (Å²) in [5.74, 6) is 1.07. The van der Waals surface area contributed by atoms with E-state index in [9.17, 15) is 9.90 Å². The molecule has 2 aliphatic rings. The van der Waals surface area contributed by atoms with Crippen molar-refractivity contribution in [3.63, 3.8) is 0 Å². The Morgan fingerprint density at radius 1 is 1.29 bits per heavy atom. The molecule has 1 aromatic carbocycles. The van der Waals surface area contributed by atoms with E-state index in [1.807, 2.05) is 23.1 Å². The van der Waals surface area contributed by atoms with Crippen LogP contribution in [0.1, 0.15) is 30.4 Å². The fraction of sp³-hybridized carbons (Fsp3) is 0.545. The first kappa shape index (κ1) is 19.2. The molecule has 2 aromatic rings. The molecule has 0 bridgehead atoms.